The summed E-state index contributed by atoms with van der Waals surface area (Å²) in [5.74, 6) is 0. The molecule has 0 saturated heterocycles. The minimum atomic E-state index is 0.00997. The van der Waals surface area contributed by atoms with Gasteiger partial charge < -0.3 is 5.32 Å². The highest BCUT2D eigenvalue weighted by Gasteiger charge is 2.11. The van der Waals surface area contributed by atoms with Crippen molar-refractivity contribution in [1.82, 2.24) is 15.1 Å². The van der Waals surface area contributed by atoms with E-state index in [0.717, 1.165) is 17.3 Å². The zero-order valence-electron chi connectivity index (χ0n) is 12.4. The molecule has 3 rings (SSSR count). The van der Waals surface area contributed by atoms with Crippen LogP contribution < -0.4 is 10.9 Å². The number of hydrogen-bond donors (Lipinski definition) is 1. The van der Waals surface area contributed by atoms with Crippen LogP contribution in [0, 0.1) is 0 Å². The molecule has 21 heavy (non-hydrogen) atoms. The summed E-state index contributed by atoms with van der Waals surface area (Å²) in [5, 5.41) is 9.52. The number of nitrogens with one attached hydrogen (secondary N) is 1. The molecule has 1 fully saturated rings. The Bertz CT molecular complexity index is 642. The summed E-state index contributed by atoms with van der Waals surface area (Å²) in [7, 11) is 0. The van der Waals surface area contributed by atoms with Crippen LogP contribution >= 0.6 is 0 Å². The second kappa shape index (κ2) is 6.85. The Balaban J connectivity index is 1.62. The molecule has 1 aliphatic carbocycles. The lowest BCUT2D eigenvalue weighted by Gasteiger charge is -2.16. The summed E-state index contributed by atoms with van der Waals surface area (Å²) >= 11 is 0. The van der Waals surface area contributed by atoms with Crippen LogP contribution in [0.4, 0.5) is 0 Å². The molecule has 4 nitrogen and oxygen atoms in total. The predicted octanol–water partition coefficient (Wildman–Crippen LogP) is 2.71. The highest BCUT2D eigenvalue weighted by molar-refractivity contribution is 5.80. The number of rotatable bonds is 4. The van der Waals surface area contributed by atoms with Gasteiger partial charge in [-0.1, -0.05) is 43.9 Å². The molecule has 1 heterocycles. The average molecular weight is 285 g/mol. The normalized spacial score (nSPS) is 17.0. The van der Waals surface area contributed by atoms with Crippen LogP contribution in [0.2, 0.25) is 0 Å². The lowest BCUT2D eigenvalue weighted by atomic mass is 10.1. The van der Waals surface area contributed by atoms with Crippen LogP contribution in [0.25, 0.3) is 10.8 Å². The van der Waals surface area contributed by atoms with Crippen molar-refractivity contribution in [2.45, 2.75) is 51.1 Å². The Kier molecular flexibility index (Phi) is 4.65. The first-order valence-electron chi connectivity index (χ1n) is 8.03. The van der Waals surface area contributed by atoms with Gasteiger partial charge in [-0.25, -0.2) is 4.68 Å². The Morgan fingerprint density at radius 3 is 2.71 bits per heavy atom. The molecule has 112 valence electrons. The van der Waals surface area contributed by atoms with E-state index in [9.17, 15) is 4.79 Å². The van der Waals surface area contributed by atoms with Crippen LogP contribution in [-0.2, 0) is 6.54 Å². The molecule has 1 N–H and O–H groups in total. The highest BCUT2D eigenvalue weighted by atomic mass is 16.1. The summed E-state index contributed by atoms with van der Waals surface area (Å²) in [6.07, 6.45) is 9.69. The van der Waals surface area contributed by atoms with Crippen LogP contribution in [0.3, 0.4) is 0 Å². The molecule has 0 bridgehead atoms. The van der Waals surface area contributed by atoms with Crippen molar-refractivity contribution >= 4 is 10.8 Å². The third-order valence-corrected chi connectivity index (χ3v) is 4.37. The van der Waals surface area contributed by atoms with E-state index >= 15 is 0 Å². The van der Waals surface area contributed by atoms with Gasteiger partial charge in [0, 0.05) is 18.0 Å². The molecule has 0 atom stereocenters. The Labute approximate surface area is 125 Å². The molecule has 0 unspecified atom stereocenters. The summed E-state index contributed by atoms with van der Waals surface area (Å²) in [5.41, 5.74) is 0.00997. The lowest BCUT2D eigenvalue weighted by molar-refractivity contribution is 0.432. The SMILES string of the molecule is O=c1c2ccccc2cnn1CCNC1CCCCCC1. The maximum Gasteiger partial charge on any atom is 0.274 e. The first-order chi connectivity index (χ1) is 10.3. The lowest BCUT2D eigenvalue weighted by Crippen LogP contribution is -2.34. The molecule has 1 aromatic carbocycles. The number of hydrogen-bond acceptors (Lipinski definition) is 3. The fourth-order valence-electron chi connectivity index (χ4n) is 3.15. The van der Waals surface area contributed by atoms with E-state index in [1.807, 2.05) is 24.3 Å². The topological polar surface area (TPSA) is 46.9 Å². The van der Waals surface area contributed by atoms with E-state index in [0.29, 0.717) is 12.6 Å². The van der Waals surface area contributed by atoms with Gasteiger partial charge in [-0.15, -0.1) is 0 Å². The number of fused-ring (bicyclic) bond motifs is 1. The minimum absolute atomic E-state index is 0.00997. The fourth-order valence-corrected chi connectivity index (χ4v) is 3.15. The van der Waals surface area contributed by atoms with Crippen molar-refractivity contribution < 1.29 is 0 Å². The first-order valence-corrected chi connectivity index (χ1v) is 8.03. The quantitative estimate of drug-likeness (QED) is 0.879. The average Bonchev–Trinajstić information content (AvgIpc) is 2.79. The molecule has 1 aromatic heterocycles. The van der Waals surface area contributed by atoms with Crippen molar-refractivity contribution in [3.05, 3.63) is 40.8 Å². The molecule has 2 aromatic rings. The molecule has 0 amide bonds. The first kappa shape index (κ1) is 14.3. The van der Waals surface area contributed by atoms with E-state index in [1.54, 1.807) is 10.9 Å². The van der Waals surface area contributed by atoms with E-state index in [-0.39, 0.29) is 5.56 Å². The Morgan fingerprint density at radius 1 is 1.14 bits per heavy atom. The van der Waals surface area contributed by atoms with E-state index in [4.69, 9.17) is 0 Å². The smallest absolute Gasteiger partial charge is 0.274 e. The zero-order valence-corrected chi connectivity index (χ0v) is 12.4. The van der Waals surface area contributed by atoms with Crippen molar-refractivity contribution in [3.8, 4) is 0 Å². The number of benzene rings is 1. The number of aromatic nitrogens is 2. The molecule has 1 saturated carbocycles. The maximum atomic E-state index is 12.3. The van der Waals surface area contributed by atoms with E-state index in [2.05, 4.69) is 10.4 Å². The number of nitrogens with zero attached hydrogens (tertiary/aromatic N) is 2. The molecule has 0 aliphatic heterocycles. The standard InChI is InChI=1S/C17H23N3O/c21-17-16-10-6-5-7-14(16)13-19-20(17)12-11-18-15-8-3-1-2-4-9-15/h5-7,10,13,15,18H,1-4,8-9,11-12H2. The van der Waals surface area contributed by atoms with Gasteiger partial charge in [0.05, 0.1) is 18.1 Å². The van der Waals surface area contributed by atoms with Gasteiger partial charge in [-0.3, -0.25) is 4.79 Å². The van der Waals surface area contributed by atoms with Gasteiger partial charge in [0.1, 0.15) is 0 Å². The van der Waals surface area contributed by atoms with Crippen molar-refractivity contribution in [3.63, 3.8) is 0 Å². The molecule has 1 aliphatic rings. The zero-order chi connectivity index (χ0) is 14.5. The van der Waals surface area contributed by atoms with Crippen LogP contribution in [0.15, 0.2) is 35.3 Å². The summed E-state index contributed by atoms with van der Waals surface area (Å²) < 4.78 is 1.58. The van der Waals surface area contributed by atoms with Crippen molar-refractivity contribution in [1.29, 1.82) is 0 Å². The third kappa shape index (κ3) is 3.50. The Hall–Kier alpha value is -1.68. The van der Waals surface area contributed by atoms with Gasteiger partial charge in [0.2, 0.25) is 0 Å². The van der Waals surface area contributed by atoms with Crippen LogP contribution in [0.5, 0.6) is 0 Å². The second-order valence-corrected chi connectivity index (χ2v) is 5.90. The second-order valence-electron chi connectivity index (χ2n) is 5.90. The summed E-state index contributed by atoms with van der Waals surface area (Å²) in [6, 6.07) is 8.25. The van der Waals surface area contributed by atoms with E-state index in [1.165, 1.54) is 38.5 Å². The van der Waals surface area contributed by atoms with Gasteiger partial charge in [-0.2, -0.15) is 5.10 Å². The fraction of sp³-hybridized carbons (Fsp3) is 0.529. The van der Waals surface area contributed by atoms with Crippen molar-refractivity contribution in [2.24, 2.45) is 0 Å². The highest BCUT2D eigenvalue weighted by Crippen LogP contribution is 2.16. The largest absolute Gasteiger partial charge is 0.312 e. The van der Waals surface area contributed by atoms with Gasteiger partial charge in [-0.05, 0) is 18.9 Å². The molecule has 0 spiro atoms. The van der Waals surface area contributed by atoms with E-state index < -0.39 is 0 Å². The summed E-state index contributed by atoms with van der Waals surface area (Å²) in [4.78, 5) is 12.3. The van der Waals surface area contributed by atoms with Crippen LogP contribution in [-0.4, -0.2) is 22.4 Å². The predicted molar refractivity (Wildman–Crippen MR) is 85.5 cm³/mol. The maximum absolute atomic E-state index is 12.3. The minimum Gasteiger partial charge on any atom is -0.312 e. The molecular weight excluding hydrogens is 262 g/mol. The monoisotopic (exact) mass is 285 g/mol. The molecular formula is C17H23N3O. The van der Waals surface area contributed by atoms with Crippen LogP contribution in [0.1, 0.15) is 38.5 Å². The van der Waals surface area contributed by atoms with Crippen molar-refractivity contribution in [2.75, 3.05) is 6.54 Å². The van der Waals surface area contributed by atoms with Gasteiger partial charge >= 0.3 is 0 Å². The third-order valence-electron chi connectivity index (χ3n) is 4.37. The Morgan fingerprint density at radius 2 is 1.90 bits per heavy atom. The molecule has 0 radical (unpaired) electrons. The van der Waals surface area contributed by atoms with Gasteiger partial charge in [0.15, 0.2) is 0 Å². The molecule has 4 heteroatoms. The summed E-state index contributed by atoms with van der Waals surface area (Å²) in [6.45, 7) is 1.45. The van der Waals surface area contributed by atoms with Gasteiger partial charge in [0.25, 0.3) is 5.56 Å².